The molecule has 2 aromatic carbocycles. The predicted molar refractivity (Wildman–Crippen MR) is 105 cm³/mol. The summed E-state index contributed by atoms with van der Waals surface area (Å²) in [7, 11) is 0. The van der Waals surface area contributed by atoms with Crippen molar-refractivity contribution in [1.82, 2.24) is 5.32 Å². The second-order valence-electron chi connectivity index (χ2n) is 6.93. The number of aryl methyl sites for hydroxylation is 1. The van der Waals surface area contributed by atoms with E-state index in [2.05, 4.69) is 19.2 Å². The molecule has 0 radical (unpaired) electrons. The van der Waals surface area contributed by atoms with Crippen LogP contribution in [0.15, 0.2) is 48.5 Å². The van der Waals surface area contributed by atoms with Crippen LogP contribution in [-0.2, 0) is 17.8 Å². The fraction of sp³-hybridized carbons (Fsp3) is 0.364. The summed E-state index contributed by atoms with van der Waals surface area (Å²) in [5.74, 6) is 0.158. The smallest absolute Gasteiger partial charge is 0.303 e. The van der Waals surface area contributed by atoms with Gasteiger partial charge in [0.15, 0.2) is 0 Å². The molecule has 0 heterocycles. The Balaban J connectivity index is 1.93. The number of carbonyl (C=O) groups is 2. The number of para-hydroxylation sites is 1. The molecular weight excluding hydrogens is 342 g/mol. The molecule has 0 aromatic heterocycles. The lowest BCUT2D eigenvalue weighted by Gasteiger charge is -2.12. The Hall–Kier alpha value is -2.82. The quantitative estimate of drug-likeness (QED) is 0.662. The Bertz CT molecular complexity index is 753. The maximum atomic E-state index is 12.4. The van der Waals surface area contributed by atoms with E-state index in [1.807, 2.05) is 36.4 Å². The number of hydrogen-bond donors (Lipinski definition) is 2. The highest BCUT2D eigenvalue weighted by Crippen LogP contribution is 2.20. The molecule has 27 heavy (non-hydrogen) atoms. The summed E-state index contributed by atoms with van der Waals surface area (Å²) in [6, 6.07) is 14.9. The maximum absolute atomic E-state index is 12.4. The molecule has 0 fully saturated rings. The molecule has 2 rings (SSSR count). The average molecular weight is 369 g/mol. The van der Waals surface area contributed by atoms with Crippen LogP contribution in [0.25, 0.3) is 0 Å². The number of carboxylic acids is 1. The number of amides is 1. The molecule has 2 N–H and O–H groups in total. The van der Waals surface area contributed by atoms with Crippen molar-refractivity contribution in [2.45, 2.75) is 39.7 Å². The minimum atomic E-state index is -0.800. The summed E-state index contributed by atoms with van der Waals surface area (Å²) < 4.78 is 5.85. The highest BCUT2D eigenvalue weighted by molar-refractivity contribution is 5.96. The molecule has 0 unspecified atom stereocenters. The van der Waals surface area contributed by atoms with Gasteiger partial charge in [-0.05, 0) is 42.0 Å². The molecule has 144 valence electrons. The normalized spacial score (nSPS) is 10.6. The molecule has 1 amide bonds. The van der Waals surface area contributed by atoms with E-state index >= 15 is 0 Å². The van der Waals surface area contributed by atoms with Crippen molar-refractivity contribution in [3.8, 4) is 5.75 Å². The van der Waals surface area contributed by atoms with Crippen LogP contribution in [0.4, 0.5) is 0 Å². The molecule has 0 aliphatic heterocycles. The van der Waals surface area contributed by atoms with Crippen molar-refractivity contribution in [2.24, 2.45) is 5.92 Å². The van der Waals surface area contributed by atoms with Gasteiger partial charge in [-0.15, -0.1) is 0 Å². The monoisotopic (exact) mass is 369 g/mol. The number of carbonyl (C=O) groups excluding carboxylic acids is 1. The first-order valence-corrected chi connectivity index (χ1v) is 9.25. The standard InChI is InChI=1S/C22H27NO4/c1-16(2)13-14-23-22(26)19-5-3-4-6-20(19)27-15-18-9-7-17(8-10-18)11-12-21(24)25/h3-10,16H,11-15H2,1-2H3,(H,23,26)(H,24,25). The molecule has 5 nitrogen and oxygen atoms in total. The molecule has 0 saturated heterocycles. The van der Waals surface area contributed by atoms with E-state index < -0.39 is 5.97 Å². The molecule has 2 aromatic rings. The molecule has 0 saturated carbocycles. The fourth-order valence-corrected chi connectivity index (χ4v) is 2.56. The lowest BCUT2D eigenvalue weighted by atomic mass is 10.1. The number of ether oxygens (including phenoxy) is 1. The lowest BCUT2D eigenvalue weighted by molar-refractivity contribution is -0.136. The second kappa shape index (κ2) is 10.4. The lowest BCUT2D eigenvalue weighted by Crippen LogP contribution is -2.25. The molecule has 5 heteroatoms. The van der Waals surface area contributed by atoms with Gasteiger partial charge in [0.1, 0.15) is 12.4 Å². The number of hydrogen-bond acceptors (Lipinski definition) is 3. The van der Waals surface area contributed by atoms with Gasteiger partial charge in [0.2, 0.25) is 0 Å². The second-order valence-corrected chi connectivity index (χ2v) is 6.93. The van der Waals surface area contributed by atoms with Gasteiger partial charge in [0.25, 0.3) is 5.91 Å². The third kappa shape index (κ3) is 7.13. The van der Waals surface area contributed by atoms with Gasteiger partial charge in [-0.3, -0.25) is 9.59 Å². The summed E-state index contributed by atoms with van der Waals surface area (Å²) in [6.45, 7) is 5.23. The van der Waals surface area contributed by atoms with E-state index in [9.17, 15) is 9.59 Å². The van der Waals surface area contributed by atoms with Crippen molar-refractivity contribution < 1.29 is 19.4 Å². The Labute approximate surface area is 160 Å². The Kier molecular flexibility index (Phi) is 7.86. The Morgan fingerprint density at radius 3 is 2.37 bits per heavy atom. The highest BCUT2D eigenvalue weighted by atomic mass is 16.5. The van der Waals surface area contributed by atoms with Crippen molar-refractivity contribution in [3.63, 3.8) is 0 Å². The molecule has 0 aliphatic rings. The van der Waals surface area contributed by atoms with Crippen LogP contribution in [0.5, 0.6) is 5.75 Å². The molecule has 0 aliphatic carbocycles. The van der Waals surface area contributed by atoms with Gasteiger partial charge in [-0.2, -0.15) is 0 Å². The van der Waals surface area contributed by atoms with Gasteiger partial charge < -0.3 is 15.2 Å². The van der Waals surface area contributed by atoms with Crippen LogP contribution in [-0.4, -0.2) is 23.5 Å². The molecule has 0 bridgehead atoms. The van der Waals surface area contributed by atoms with E-state index in [0.29, 0.717) is 36.8 Å². The summed E-state index contributed by atoms with van der Waals surface area (Å²) >= 11 is 0. The average Bonchev–Trinajstić information content (AvgIpc) is 2.65. The van der Waals surface area contributed by atoms with Gasteiger partial charge in [-0.25, -0.2) is 0 Å². The van der Waals surface area contributed by atoms with Gasteiger partial charge in [0, 0.05) is 13.0 Å². The summed E-state index contributed by atoms with van der Waals surface area (Å²) in [5.41, 5.74) is 2.47. The highest BCUT2D eigenvalue weighted by Gasteiger charge is 2.12. The summed E-state index contributed by atoms with van der Waals surface area (Å²) in [6.07, 6.45) is 1.56. The Morgan fingerprint density at radius 1 is 1.04 bits per heavy atom. The zero-order valence-electron chi connectivity index (χ0n) is 15.9. The zero-order valence-corrected chi connectivity index (χ0v) is 15.9. The van der Waals surface area contributed by atoms with Gasteiger partial charge in [0.05, 0.1) is 5.56 Å². The topological polar surface area (TPSA) is 75.6 Å². The zero-order chi connectivity index (χ0) is 19.6. The number of nitrogens with one attached hydrogen (secondary N) is 1. The fourth-order valence-electron chi connectivity index (χ4n) is 2.56. The van der Waals surface area contributed by atoms with Crippen molar-refractivity contribution in [1.29, 1.82) is 0 Å². The number of rotatable bonds is 10. The van der Waals surface area contributed by atoms with Gasteiger partial charge >= 0.3 is 5.97 Å². The first-order valence-electron chi connectivity index (χ1n) is 9.25. The summed E-state index contributed by atoms with van der Waals surface area (Å²) in [5, 5.41) is 11.7. The molecular formula is C22H27NO4. The molecule has 0 spiro atoms. The van der Waals surface area contributed by atoms with E-state index in [4.69, 9.17) is 9.84 Å². The van der Waals surface area contributed by atoms with Crippen molar-refractivity contribution in [3.05, 3.63) is 65.2 Å². The van der Waals surface area contributed by atoms with Crippen LogP contribution in [0.2, 0.25) is 0 Å². The maximum Gasteiger partial charge on any atom is 0.303 e. The van der Waals surface area contributed by atoms with Crippen LogP contribution in [0.1, 0.15) is 48.2 Å². The van der Waals surface area contributed by atoms with Crippen LogP contribution < -0.4 is 10.1 Å². The first-order chi connectivity index (χ1) is 13.0. The number of benzene rings is 2. The van der Waals surface area contributed by atoms with E-state index in [-0.39, 0.29) is 12.3 Å². The van der Waals surface area contributed by atoms with E-state index in [0.717, 1.165) is 17.5 Å². The third-order valence-corrected chi connectivity index (χ3v) is 4.18. The first kappa shape index (κ1) is 20.5. The largest absolute Gasteiger partial charge is 0.488 e. The summed E-state index contributed by atoms with van der Waals surface area (Å²) in [4.78, 5) is 23.0. The predicted octanol–water partition coefficient (Wildman–Crippen LogP) is 4.06. The van der Waals surface area contributed by atoms with E-state index in [1.165, 1.54) is 0 Å². The van der Waals surface area contributed by atoms with Crippen LogP contribution >= 0.6 is 0 Å². The van der Waals surface area contributed by atoms with Crippen molar-refractivity contribution in [2.75, 3.05) is 6.54 Å². The SMILES string of the molecule is CC(C)CCNC(=O)c1ccccc1OCc1ccc(CCC(=O)O)cc1. The van der Waals surface area contributed by atoms with Crippen LogP contribution in [0, 0.1) is 5.92 Å². The number of aliphatic carboxylic acids is 1. The Morgan fingerprint density at radius 2 is 1.70 bits per heavy atom. The third-order valence-electron chi connectivity index (χ3n) is 4.18. The molecule has 0 atom stereocenters. The van der Waals surface area contributed by atoms with Gasteiger partial charge in [-0.1, -0.05) is 50.2 Å². The number of carboxylic acid groups (broad SMARTS) is 1. The van der Waals surface area contributed by atoms with E-state index in [1.54, 1.807) is 12.1 Å². The minimum absolute atomic E-state index is 0.120. The van der Waals surface area contributed by atoms with Crippen LogP contribution in [0.3, 0.4) is 0 Å². The van der Waals surface area contributed by atoms with Crippen molar-refractivity contribution >= 4 is 11.9 Å². The minimum Gasteiger partial charge on any atom is -0.488 e.